The number of esters is 1. The summed E-state index contributed by atoms with van der Waals surface area (Å²) >= 11 is 0. The van der Waals surface area contributed by atoms with E-state index in [0.717, 1.165) is 0 Å². The molecule has 86 valence electrons. The first-order valence-electron chi connectivity index (χ1n) is 4.45. The third-order valence-corrected chi connectivity index (χ3v) is 1.95. The highest BCUT2D eigenvalue weighted by atomic mass is 16.7. The molecule has 1 aromatic rings. The van der Waals surface area contributed by atoms with E-state index in [1.54, 1.807) is 30.3 Å². The first kappa shape index (κ1) is 12.2. The van der Waals surface area contributed by atoms with Crippen LogP contribution in [0.1, 0.15) is 11.6 Å². The fourth-order valence-electron chi connectivity index (χ4n) is 1.15. The number of hydrogen-bond donors (Lipinski definition) is 3. The lowest BCUT2D eigenvalue weighted by molar-refractivity contribution is -0.149. The number of aliphatic hydroxyl groups excluding tert-OH is 1. The SMILES string of the molecule is N[C@H](c1ccccc1)C(O)C(=O)OC(=O)O. The van der Waals surface area contributed by atoms with Gasteiger partial charge in [0.15, 0.2) is 6.10 Å². The van der Waals surface area contributed by atoms with Crippen LogP contribution in [0.4, 0.5) is 4.79 Å². The summed E-state index contributed by atoms with van der Waals surface area (Å²) in [4.78, 5) is 21.1. The van der Waals surface area contributed by atoms with E-state index in [1.807, 2.05) is 0 Å². The maximum absolute atomic E-state index is 11.0. The van der Waals surface area contributed by atoms with Gasteiger partial charge in [-0.3, -0.25) is 0 Å². The molecule has 0 fully saturated rings. The lowest BCUT2D eigenvalue weighted by Crippen LogP contribution is -2.35. The van der Waals surface area contributed by atoms with Gasteiger partial charge in [-0.15, -0.1) is 0 Å². The highest BCUT2D eigenvalue weighted by Crippen LogP contribution is 2.14. The number of benzene rings is 1. The van der Waals surface area contributed by atoms with Crippen LogP contribution in [0.25, 0.3) is 0 Å². The number of carbonyl (C=O) groups is 2. The number of carboxylic acid groups (broad SMARTS) is 1. The average Bonchev–Trinajstić information content (AvgIpc) is 2.27. The molecule has 0 radical (unpaired) electrons. The normalized spacial score (nSPS) is 13.9. The molecular formula is C10H11NO5. The zero-order chi connectivity index (χ0) is 12.1. The molecule has 4 N–H and O–H groups in total. The molecule has 0 saturated carbocycles. The molecule has 0 bridgehead atoms. The summed E-state index contributed by atoms with van der Waals surface area (Å²) in [7, 11) is 0. The zero-order valence-corrected chi connectivity index (χ0v) is 8.24. The summed E-state index contributed by atoms with van der Waals surface area (Å²) in [6, 6.07) is 7.32. The number of rotatable bonds is 3. The number of hydrogen-bond acceptors (Lipinski definition) is 5. The molecule has 0 amide bonds. The Kier molecular flexibility index (Phi) is 3.98. The van der Waals surface area contributed by atoms with Gasteiger partial charge in [-0.05, 0) is 5.56 Å². The number of aliphatic hydroxyl groups is 1. The summed E-state index contributed by atoms with van der Waals surface area (Å²) in [6.45, 7) is 0. The average molecular weight is 225 g/mol. The van der Waals surface area contributed by atoms with Gasteiger partial charge in [0.1, 0.15) is 0 Å². The topological polar surface area (TPSA) is 110 Å². The third kappa shape index (κ3) is 3.04. The van der Waals surface area contributed by atoms with Gasteiger partial charge in [0.2, 0.25) is 0 Å². The summed E-state index contributed by atoms with van der Waals surface area (Å²) < 4.78 is 3.80. The Bertz CT molecular complexity index is 378. The highest BCUT2D eigenvalue weighted by molar-refractivity contribution is 5.84. The maximum Gasteiger partial charge on any atom is 0.513 e. The van der Waals surface area contributed by atoms with Gasteiger partial charge in [0.25, 0.3) is 0 Å². The van der Waals surface area contributed by atoms with E-state index in [9.17, 15) is 14.7 Å². The Morgan fingerprint density at radius 1 is 1.25 bits per heavy atom. The van der Waals surface area contributed by atoms with E-state index in [1.165, 1.54) is 0 Å². The zero-order valence-electron chi connectivity index (χ0n) is 8.24. The molecule has 16 heavy (non-hydrogen) atoms. The maximum atomic E-state index is 11.0. The molecule has 0 aliphatic rings. The van der Waals surface area contributed by atoms with Crippen molar-refractivity contribution in [3.05, 3.63) is 35.9 Å². The Morgan fingerprint density at radius 2 is 1.81 bits per heavy atom. The summed E-state index contributed by atoms with van der Waals surface area (Å²) in [6.07, 6.45) is -3.48. The molecule has 6 heteroatoms. The molecule has 0 heterocycles. The molecule has 0 aliphatic heterocycles. The van der Waals surface area contributed by atoms with Crippen molar-refractivity contribution in [1.82, 2.24) is 0 Å². The van der Waals surface area contributed by atoms with Crippen LogP contribution in [0.2, 0.25) is 0 Å². The second kappa shape index (κ2) is 5.24. The van der Waals surface area contributed by atoms with Crippen LogP contribution in [0, 0.1) is 0 Å². The van der Waals surface area contributed by atoms with Crippen molar-refractivity contribution in [3.8, 4) is 0 Å². The van der Waals surface area contributed by atoms with Gasteiger partial charge < -0.3 is 20.7 Å². The molecule has 0 spiro atoms. The summed E-state index contributed by atoms with van der Waals surface area (Å²) in [5.74, 6) is -1.29. The third-order valence-electron chi connectivity index (χ3n) is 1.95. The van der Waals surface area contributed by atoms with Crippen LogP contribution < -0.4 is 5.73 Å². The first-order chi connectivity index (χ1) is 7.52. The Hall–Kier alpha value is -1.92. The quantitative estimate of drug-likeness (QED) is 0.503. The van der Waals surface area contributed by atoms with Gasteiger partial charge in [0, 0.05) is 0 Å². The molecule has 6 nitrogen and oxygen atoms in total. The van der Waals surface area contributed by atoms with Crippen LogP contribution in [-0.4, -0.2) is 28.4 Å². The van der Waals surface area contributed by atoms with Crippen molar-refractivity contribution in [2.45, 2.75) is 12.1 Å². The van der Waals surface area contributed by atoms with E-state index >= 15 is 0 Å². The number of nitrogens with two attached hydrogens (primary N) is 1. The Balaban J connectivity index is 2.71. The molecule has 0 aromatic heterocycles. The van der Waals surface area contributed by atoms with Crippen molar-refractivity contribution >= 4 is 12.1 Å². The second-order valence-electron chi connectivity index (χ2n) is 3.07. The smallest absolute Gasteiger partial charge is 0.449 e. The Morgan fingerprint density at radius 3 is 2.31 bits per heavy atom. The van der Waals surface area contributed by atoms with Gasteiger partial charge in [-0.25, -0.2) is 9.59 Å². The van der Waals surface area contributed by atoms with Crippen LogP contribution >= 0.6 is 0 Å². The monoisotopic (exact) mass is 225 g/mol. The molecule has 1 aromatic carbocycles. The largest absolute Gasteiger partial charge is 0.513 e. The molecule has 0 saturated heterocycles. The Labute approximate surface area is 91.3 Å². The van der Waals surface area contributed by atoms with E-state index in [-0.39, 0.29) is 0 Å². The van der Waals surface area contributed by atoms with Crippen LogP contribution in [0.5, 0.6) is 0 Å². The fraction of sp³-hybridized carbons (Fsp3) is 0.200. The highest BCUT2D eigenvalue weighted by Gasteiger charge is 2.27. The lowest BCUT2D eigenvalue weighted by Gasteiger charge is -2.16. The summed E-state index contributed by atoms with van der Waals surface area (Å²) in [5, 5.41) is 17.6. The van der Waals surface area contributed by atoms with Crippen molar-refractivity contribution in [3.63, 3.8) is 0 Å². The van der Waals surface area contributed by atoms with Crippen molar-refractivity contribution in [1.29, 1.82) is 0 Å². The molecule has 1 rings (SSSR count). The van der Waals surface area contributed by atoms with Crippen molar-refractivity contribution in [2.24, 2.45) is 5.73 Å². The standard InChI is InChI=1S/C10H11NO5/c11-7(6-4-2-1-3-5-6)8(12)9(13)16-10(14)15/h1-5,7-8,12H,11H2,(H,14,15)/t7-,8?/m1/s1. The van der Waals surface area contributed by atoms with E-state index < -0.39 is 24.3 Å². The van der Waals surface area contributed by atoms with Gasteiger partial charge in [0.05, 0.1) is 6.04 Å². The summed E-state index contributed by atoms with van der Waals surface area (Å²) in [5.41, 5.74) is 6.08. The van der Waals surface area contributed by atoms with Crippen molar-refractivity contribution in [2.75, 3.05) is 0 Å². The fourth-order valence-corrected chi connectivity index (χ4v) is 1.15. The molecular weight excluding hydrogens is 214 g/mol. The van der Waals surface area contributed by atoms with Crippen LogP contribution in [-0.2, 0) is 9.53 Å². The lowest BCUT2D eigenvalue weighted by atomic mass is 10.0. The molecule has 1 unspecified atom stereocenters. The van der Waals surface area contributed by atoms with E-state index in [4.69, 9.17) is 10.8 Å². The molecule has 0 aliphatic carbocycles. The minimum absolute atomic E-state index is 0.511. The predicted molar refractivity (Wildman–Crippen MR) is 53.5 cm³/mol. The van der Waals surface area contributed by atoms with E-state index in [0.29, 0.717) is 5.56 Å². The second-order valence-corrected chi connectivity index (χ2v) is 3.07. The van der Waals surface area contributed by atoms with Crippen LogP contribution in [0.15, 0.2) is 30.3 Å². The van der Waals surface area contributed by atoms with Gasteiger partial charge in [-0.2, -0.15) is 0 Å². The molecule has 2 atom stereocenters. The minimum Gasteiger partial charge on any atom is -0.449 e. The number of carbonyl (C=O) groups excluding carboxylic acids is 1. The van der Waals surface area contributed by atoms with Crippen molar-refractivity contribution < 1.29 is 24.5 Å². The first-order valence-corrected chi connectivity index (χ1v) is 4.45. The van der Waals surface area contributed by atoms with Crippen LogP contribution in [0.3, 0.4) is 0 Å². The predicted octanol–water partition coefficient (Wildman–Crippen LogP) is 0.269. The van der Waals surface area contributed by atoms with Gasteiger partial charge >= 0.3 is 12.1 Å². The number of ether oxygens (including phenoxy) is 1. The van der Waals surface area contributed by atoms with Gasteiger partial charge in [-0.1, -0.05) is 30.3 Å². The van der Waals surface area contributed by atoms with E-state index in [2.05, 4.69) is 4.74 Å². The minimum atomic E-state index is -1.77.